The topological polar surface area (TPSA) is 32.3 Å². The maximum absolute atomic E-state index is 14.2. The summed E-state index contributed by atoms with van der Waals surface area (Å²) >= 11 is 0. The smallest absolute Gasteiger partial charge is 0.224 e. The van der Waals surface area contributed by atoms with Crippen molar-refractivity contribution >= 4 is 5.91 Å². The Labute approximate surface area is 190 Å². The molecule has 0 radical (unpaired) electrons. The van der Waals surface area contributed by atoms with Crippen molar-refractivity contribution < 1.29 is 22.4 Å². The lowest BCUT2D eigenvalue weighted by Gasteiger charge is -2.37. The van der Waals surface area contributed by atoms with E-state index in [0.717, 1.165) is 11.6 Å². The second-order valence-corrected chi connectivity index (χ2v) is 8.46. The summed E-state index contributed by atoms with van der Waals surface area (Å²) in [6, 6.07) is 15.6. The van der Waals surface area contributed by atoms with Gasteiger partial charge in [-0.15, -0.1) is 0 Å². The lowest BCUT2D eigenvalue weighted by Crippen LogP contribution is -2.45. The van der Waals surface area contributed by atoms with Crippen LogP contribution >= 0.6 is 0 Å². The van der Waals surface area contributed by atoms with E-state index in [1.165, 1.54) is 36.4 Å². The summed E-state index contributed by atoms with van der Waals surface area (Å²) in [7, 11) is 0. The van der Waals surface area contributed by atoms with Crippen molar-refractivity contribution in [2.24, 2.45) is 5.92 Å². The van der Waals surface area contributed by atoms with Crippen molar-refractivity contribution in [3.8, 4) is 0 Å². The minimum atomic E-state index is -0.645. The summed E-state index contributed by atoms with van der Waals surface area (Å²) in [5.74, 6) is -2.64. The van der Waals surface area contributed by atoms with Gasteiger partial charge in [0.2, 0.25) is 5.91 Å². The molecular weight excluding hydrogens is 432 g/mol. The molecule has 3 aromatic carbocycles. The van der Waals surface area contributed by atoms with Gasteiger partial charge in [0.05, 0.1) is 5.92 Å². The molecule has 1 saturated heterocycles. The van der Waals surface area contributed by atoms with E-state index in [-0.39, 0.29) is 36.5 Å². The molecule has 0 aromatic heterocycles. The number of piperidine rings is 1. The fourth-order valence-electron chi connectivity index (χ4n) is 4.36. The van der Waals surface area contributed by atoms with E-state index < -0.39 is 17.6 Å². The standard InChI is InChI=1S/C26H24F4N2O/c27-22-7-4-18(5-8-22)20-11-21(26(33)31-13-17-2-1-3-23(28)10-17)16-32(15-20)14-19-6-9-24(29)12-25(19)30/h1-10,12,20-21H,11,13-16H2,(H,31,33)/t20-,21-/m1/s1. The monoisotopic (exact) mass is 456 g/mol. The molecule has 1 heterocycles. The Bertz CT molecular complexity index is 1120. The molecule has 1 N–H and O–H groups in total. The molecule has 33 heavy (non-hydrogen) atoms. The molecule has 0 unspecified atom stereocenters. The fraction of sp³-hybridized carbons (Fsp3) is 0.269. The van der Waals surface area contributed by atoms with Gasteiger partial charge in [0, 0.05) is 37.8 Å². The van der Waals surface area contributed by atoms with Crippen LogP contribution in [0.4, 0.5) is 17.6 Å². The molecule has 1 aliphatic rings. The number of likely N-dealkylation sites (tertiary alicyclic amines) is 1. The molecule has 7 heteroatoms. The van der Waals surface area contributed by atoms with Crippen LogP contribution in [-0.2, 0) is 17.9 Å². The van der Waals surface area contributed by atoms with E-state index in [9.17, 15) is 22.4 Å². The Balaban J connectivity index is 1.50. The zero-order chi connectivity index (χ0) is 23.4. The zero-order valence-corrected chi connectivity index (χ0v) is 17.9. The van der Waals surface area contributed by atoms with Gasteiger partial charge in [-0.25, -0.2) is 17.6 Å². The lowest BCUT2D eigenvalue weighted by atomic mass is 9.83. The number of hydrogen-bond acceptors (Lipinski definition) is 2. The molecule has 2 atom stereocenters. The average Bonchev–Trinajstić information content (AvgIpc) is 2.80. The largest absolute Gasteiger partial charge is 0.352 e. The first kappa shape index (κ1) is 23.0. The highest BCUT2D eigenvalue weighted by Gasteiger charge is 2.32. The van der Waals surface area contributed by atoms with Gasteiger partial charge < -0.3 is 5.32 Å². The first-order valence-electron chi connectivity index (χ1n) is 10.8. The first-order chi connectivity index (χ1) is 15.9. The fourth-order valence-corrected chi connectivity index (χ4v) is 4.36. The van der Waals surface area contributed by atoms with E-state index in [4.69, 9.17) is 0 Å². The van der Waals surface area contributed by atoms with Crippen LogP contribution in [-0.4, -0.2) is 23.9 Å². The first-order valence-corrected chi connectivity index (χ1v) is 10.8. The third-order valence-corrected chi connectivity index (χ3v) is 6.00. The summed E-state index contributed by atoms with van der Waals surface area (Å²) in [4.78, 5) is 14.9. The Morgan fingerprint density at radius 2 is 1.61 bits per heavy atom. The molecule has 1 aliphatic heterocycles. The van der Waals surface area contributed by atoms with Gasteiger partial charge in [0.1, 0.15) is 23.3 Å². The summed E-state index contributed by atoms with van der Waals surface area (Å²) in [5, 5.41) is 2.86. The minimum Gasteiger partial charge on any atom is -0.352 e. The minimum absolute atomic E-state index is 0.0622. The van der Waals surface area contributed by atoms with Gasteiger partial charge in [-0.05, 0) is 53.8 Å². The van der Waals surface area contributed by atoms with Crippen molar-refractivity contribution in [1.82, 2.24) is 10.2 Å². The Morgan fingerprint density at radius 3 is 2.33 bits per heavy atom. The molecule has 4 rings (SSSR count). The number of nitrogens with zero attached hydrogens (tertiary/aromatic N) is 1. The molecule has 3 aromatic rings. The van der Waals surface area contributed by atoms with Gasteiger partial charge in [-0.1, -0.05) is 30.3 Å². The van der Waals surface area contributed by atoms with Gasteiger partial charge in [0.15, 0.2) is 0 Å². The van der Waals surface area contributed by atoms with E-state index in [0.29, 0.717) is 30.6 Å². The molecule has 0 aliphatic carbocycles. The van der Waals surface area contributed by atoms with Crippen LogP contribution in [0.15, 0.2) is 66.7 Å². The second kappa shape index (κ2) is 10.2. The number of nitrogens with one attached hydrogen (secondary N) is 1. The third-order valence-electron chi connectivity index (χ3n) is 6.00. The van der Waals surface area contributed by atoms with E-state index in [2.05, 4.69) is 5.32 Å². The van der Waals surface area contributed by atoms with Crippen molar-refractivity contribution in [1.29, 1.82) is 0 Å². The molecular formula is C26H24F4N2O. The molecule has 0 bridgehead atoms. The lowest BCUT2D eigenvalue weighted by molar-refractivity contribution is -0.127. The van der Waals surface area contributed by atoms with Crippen molar-refractivity contribution in [3.63, 3.8) is 0 Å². The molecule has 1 amide bonds. The number of carbonyl (C=O) groups is 1. The van der Waals surface area contributed by atoms with E-state index in [1.807, 2.05) is 4.90 Å². The molecule has 3 nitrogen and oxygen atoms in total. The molecule has 0 spiro atoms. The number of hydrogen-bond donors (Lipinski definition) is 1. The van der Waals surface area contributed by atoms with E-state index in [1.54, 1.807) is 24.3 Å². The normalized spacial score (nSPS) is 18.8. The summed E-state index contributed by atoms with van der Waals surface area (Å²) in [6.07, 6.45) is 0.545. The second-order valence-electron chi connectivity index (χ2n) is 8.46. The third kappa shape index (κ3) is 5.99. The summed E-state index contributed by atoms with van der Waals surface area (Å²) in [5.41, 5.74) is 1.89. The van der Waals surface area contributed by atoms with Crippen LogP contribution in [0.5, 0.6) is 0 Å². The zero-order valence-electron chi connectivity index (χ0n) is 17.9. The Hall–Kier alpha value is -3.19. The predicted molar refractivity (Wildman–Crippen MR) is 117 cm³/mol. The van der Waals surface area contributed by atoms with E-state index >= 15 is 0 Å². The summed E-state index contributed by atoms with van der Waals surface area (Å²) < 4.78 is 54.4. The quantitative estimate of drug-likeness (QED) is 0.520. The van der Waals surface area contributed by atoms with Crippen LogP contribution in [0.3, 0.4) is 0 Å². The summed E-state index contributed by atoms with van der Waals surface area (Å²) in [6.45, 7) is 1.36. The molecule has 0 saturated carbocycles. The highest BCUT2D eigenvalue weighted by Crippen LogP contribution is 2.32. The van der Waals surface area contributed by atoms with Crippen LogP contribution in [0.1, 0.15) is 29.0 Å². The van der Waals surface area contributed by atoms with Crippen molar-refractivity contribution in [2.75, 3.05) is 13.1 Å². The highest BCUT2D eigenvalue weighted by atomic mass is 19.1. The van der Waals surface area contributed by atoms with Crippen LogP contribution < -0.4 is 5.32 Å². The number of rotatable bonds is 6. The molecule has 172 valence electrons. The van der Waals surface area contributed by atoms with Gasteiger partial charge in [0.25, 0.3) is 0 Å². The maximum Gasteiger partial charge on any atom is 0.224 e. The maximum atomic E-state index is 14.2. The average molecular weight is 456 g/mol. The Morgan fingerprint density at radius 1 is 0.879 bits per heavy atom. The van der Waals surface area contributed by atoms with Crippen LogP contribution in [0.25, 0.3) is 0 Å². The van der Waals surface area contributed by atoms with Crippen LogP contribution in [0, 0.1) is 29.2 Å². The van der Waals surface area contributed by atoms with Crippen molar-refractivity contribution in [3.05, 3.63) is 107 Å². The number of amides is 1. The van der Waals surface area contributed by atoms with Gasteiger partial charge in [-0.3, -0.25) is 9.69 Å². The molecule has 1 fully saturated rings. The van der Waals surface area contributed by atoms with Crippen molar-refractivity contribution in [2.45, 2.75) is 25.4 Å². The number of halogens is 4. The van der Waals surface area contributed by atoms with Gasteiger partial charge in [-0.2, -0.15) is 0 Å². The van der Waals surface area contributed by atoms with Gasteiger partial charge >= 0.3 is 0 Å². The number of benzene rings is 3. The SMILES string of the molecule is O=C(NCc1cccc(F)c1)[C@@H]1C[C@@H](c2ccc(F)cc2)CN(Cc2ccc(F)cc2F)C1. The highest BCUT2D eigenvalue weighted by molar-refractivity contribution is 5.79. The Kier molecular flexibility index (Phi) is 7.08. The number of carbonyl (C=O) groups excluding carboxylic acids is 1. The van der Waals surface area contributed by atoms with Crippen LogP contribution in [0.2, 0.25) is 0 Å². The predicted octanol–water partition coefficient (Wildman–Crippen LogP) is 5.17.